The summed E-state index contributed by atoms with van der Waals surface area (Å²) in [6.07, 6.45) is 3.20. The maximum absolute atomic E-state index is 5.18. The van der Waals surface area contributed by atoms with Crippen LogP contribution in [0.2, 0.25) is 0 Å². The zero-order chi connectivity index (χ0) is 7.28. The van der Waals surface area contributed by atoms with Crippen molar-refractivity contribution in [2.75, 3.05) is 7.11 Å². The Balaban J connectivity index is 3.53. The summed E-state index contributed by atoms with van der Waals surface area (Å²) in [4.78, 5) is 0. The lowest BCUT2D eigenvalue weighted by Crippen LogP contribution is -2.16. The van der Waals surface area contributed by atoms with Gasteiger partial charge in [0.25, 0.3) is 0 Å². The van der Waals surface area contributed by atoms with Gasteiger partial charge in [0.05, 0.1) is 6.10 Å². The van der Waals surface area contributed by atoms with Crippen LogP contribution in [0.25, 0.3) is 0 Å². The van der Waals surface area contributed by atoms with Gasteiger partial charge in [-0.1, -0.05) is 19.9 Å². The topological polar surface area (TPSA) is 9.23 Å². The van der Waals surface area contributed by atoms with E-state index in [4.69, 9.17) is 4.74 Å². The number of rotatable bonds is 4. The Labute approximate surface area is 57.7 Å². The predicted molar refractivity (Wildman–Crippen MR) is 40.4 cm³/mol. The molecule has 0 bridgehead atoms. The summed E-state index contributed by atoms with van der Waals surface area (Å²) >= 11 is 0. The Morgan fingerprint density at radius 3 is 2.22 bits per heavy atom. The van der Waals surface area contributed by atoms with Crippen molar-refractivity contribution in [3.63, 3.8) is 0 Å². The molecule has 0 N–H and O–H groups in total. The van der Waals surface area contributed by atoms with Crippen LogP contribution in [0.5, 0.6) is 0 Å². The molecule has 0 aliphatic carbocycles. The molecule has 0 saturated heterocycles. The molecule has 0 heterocycles. The molecule has 0 aromatic heterocycles. The van der Waals surface area contributed by atoms with Crippen molar-refractivity contribution in [2.45, 2.75) is 26.4 Å². The van der Waals surface area contributed by atoms with E-state index in [1.165, 1.54) is 0 Å². The Morgan fingerprint density at radius 2 is 2.11 bits per heavy atom. The molecule has 0 aliphatic rings. The van der Waals surface area contributed by atoms with Gasteiger partial charge in [-0.3, -0.25) is 0 Å². The largest absolute Gasteiger partial charge is 0.381 e. The maximum Gasteiger partial charge on any atom is 0.0628 e. The van der Waals surface area contributed by atoms with E-state index in [9.17, 15) is 0 Å². The van der Waals surface area contributed by atoms with Crippen molar-refractivity contribution < 1.29 is 4.74 Å². The minimum atomic E-state index is 0.350. The third kappa shape index (κ3) is 3.31. The average Bonchev–Trinajstić information content (AvgIpc) is 1.82. The summed E-state index contributed by atoms with van der Waals surface area (Å²) in [6, 6.07) is 0. The average molecular weight is 128 g/mol. The number of ether oxygens (including phenoxy) is 1. The molecule has 1 unspecified atom stereocenters. The molecule has 0 radical (unpaired) electrons. The van der Waals surface area contributed by atoms with Gasteiger partial charge in [-0.25, -0.2) is 0 Å². The third-order valence-corrected chi connectivity index (χ3v) is 1.45. The van der Waals surface area contributed by atoms with Gasteiger partial charge in [-0.05, 0) is 12.3 Å². The molecule has 0 rings (SSSR count). The zero-order valence-electron chi connectivity index (χ0n) is 6.55. The normalized spacial score (nSPS) is 13.8. The SMILES string of the molecule is C=CCC(OC)C(C)C. The van der Waals surface area contributed by atoms with Crippen LogP contribution in [0.15, 0.2) is 12.7 Å². The minimum absolute atomic E-state index is 0.350. The van der Waals surface area contributed by atoms with E-state index in [0.29, 0.717) is 12.0 Å². The summed E-state index contributed by atoms with van der Waals surface area (Å²) in [5.41, 5.74) is 0. The quantitative estimate of drug-likeness (QED) is 0.527. The summed E-state index contributed by atoms with van der Waals surface area (Å²) in [6.45, 7) is 7.95. The molecule has 1 nitrogen and oxygen atoms in total. The molecule has 0 fully saturated rings. The highest BCUT2D eigenvalue weighted by Crippen LogP contribution is 2.09. The molecule has 0 amide bonds. The van der Waals surface area contributed by atoms with Crippen molar-refractivity contribution in [3.8, 4) is 0 Å². The van der Waals surface area contributed by atoms with Crippen LogP contribution in [0.3, 0.4) is 0 Å². The summed E-state index contributed by atoms with van der Waals surface area (Å²) in [7, 11) is 1.74. The Bertz CT molecular complexity index is 76.6. The second-order valence-electron chi connectivity index (χ2n) is 2.54. The van der Waals surface area contributed by atoms with Gasteiger partial charge in [0, 0.05) is 7.11 Å². The Morgan fingerprint density at radius 1 is 1.56 bits per heavy atom. The minimum Gasteiger partial charge on any atom is -0.381 e. The van der Waals surface area contributed by atoms with Gasteiger partial charge >= 0.3 is 0 Å². The summed E-state index contributed by atoms with van der Waals surface area (Å²) in [5.74, 6) is 0.591. The molecule has 54 valence electrons. The van der Waals surface area contributed by atoms with Gasteiger partial charge < -0.3 is 4.74 Å². The van der Waals surface area contributed by atoms with Crippen molar-refractivity contribution >= 4 is 0 Å². The van der Waals surface area contributed by atoms with Crippen LogP contribution in [-0.4, -0.2) is 13.2 Å². The number of methoxy groups -OCH3 is 1. The lowest BCUT2D eigenvalue weighted by molar-refractivity contribution is 0.0676. The first kappa shape index (κ1) is 8.70. The van der Waals surface area contributed by atoms with E-state index >= 15 is 0 Å². The van der Waals surface area contributed by atoms with Gasteiger partial charge in [-0.2, -0.15) is 0 Å². The molecule has 0 aromatic rings. The van der Waals surface area contributed by atoms with Crippen LogP contribution >= 0.6 is 0 Å². The van der Waals surface area contributed by atoms with E-state index in [-0.39, 0.29) is 0 Å². The van der Waals surface area contributed by atoms with Gasteiger partial charge in [0.15, 0.2) is 0 Å². The first-order chi connectivity index (χ1) is 4.22. The lowest BCUT2D eigenvalue weighted by Gasteiger charge is -2.16. The molecule has 0 spiro atoms. The van der Waals surface area contributed by atoms with Crippen LogP contribution in [0.1, 0.15) is 20.3 Å². The first-order valence-electron chi connectivity index (χ1n) is 3.36. The number of hydrogen-bond acceptors (Lipinski definition) is 1. The van der Waals surface area contributed by atoms with E-state index < -0.39 is 0 Å². The zero-order valence-corrected chi connectivity index (χ0v) is 6.55. The van der Waals surface area contributed by atoms with Crippen molar-refractivity contribution in [3.05, 3.63) is 12.7 Å². The summed E-state index contributed by atoms with van der Waals surface area (Å²) in [5, 5.41) is 0. The highest BCUT2D eigenvalue weighted by atomic mass is 16.5. The molecular formula is C8H16O. The second kappa shape index (κ2) is 4.57. The van der Waals surface area contributed by atoms with Gasteiger partial charge in [-0.15, -0.1) is 6.58 Å². The van der Waals surface area contributed by atoms with Crippen molar-refractivity contribution in [1.29, 1.82) is 0 Å². The fourth-order valence-electron chi connectivity index (χ4n) is 0.805. The van der Waals surface area contributed by atoms with Gasteiger partial charge in [0.1, 0.15) is 0 Å². The fourth-order valence-corrected chi connectivity index (χ4v) is 0.805. The summed E-state index contributed by atoms with van der Waals surface area (Å²) < 4.78 is 5.18. The Hall–Kier alpha value is -0.300. The molecule has 9 heavy (non-hydrogen) atoms. The molecule has 1 heteroatoms. The van der Waals surface area contributed by atoms with Crippen molar-refractivity contribution in [2.24, 2.45) is 5.92 Å². The monoisotopic (exact) mass is 128 g/mol. The molecule has 0 aromatic carbocycles. The molecule has 1 atom stereocenters. The van der Waals surface area contributed by atoms with Crippen LogP contribution in [-0.2, 0) is 4.74 Å². The van der Waals surface area contributed by atoms with Gasteiger partial charge in [0.2, 0.25) is 0 Å². The van der Waals surface area contributed by atoms with Crippen LogP contribution < -0.4 is 0 Å². The highest BCUT2D eigenvalue weighted by Gasteiger charge is 2.08. The first-order valence-corrected chi connectivity index (χ1v) is 3.36. The second-order valence-corrected chi connectivity index (χ2v) is 2.54. The maximum atomic E-state index is 5.18. The molecular weight excluding hydrogens is 112 g/mol. The third-order valence-electron chi connectivity index (χ3n) is 1.45. The van der Waals surface area contributed by atoms with E-state index in [1.54, 1.807) is 7.11 Å². The molecule has 0 aliphatic heterocycles. The van der Waals surface area contributed by atoms with E-state index in [1.807, 2.05) is 6.08 Å². The highest BCUT2D eigenvalue weighted by molar-refractivity contribution is 4.74. The standard InChI is InChI=1S/C8H16O/c1-5-6-8(9-4)7(2)3/h5,7-8H,1,6H2,2-4H3. The lowest BCUT2D eigenvalue weighted by atomic mass is 10.0. The fraction of sp³-hybridized carbons (Fsp3) is 0.750. The van der Waals surface area contributed by atoms with E-state index in [0.717, 1.165) is 6.42 Å². The Kier molecular flexibility index (Phi) is 4.41. The smallest absolute Gasteiger partial charge is 0.0628 e. The van der Waals surface area contributed by atoms with Crippen LogP contribution in [0, 0.1) is 5.92 Å². The number of hydrogen-bond donors (Lipinski definition) is 0. The van der Waals surface area contributed by atoms with Crippen LogP contribution in [0.4, 0.5) is 0 Å². The molecule has 0 saturated carbocycles. The predicted octanol–water partition coefficient (Wildman–Crippen LogP) is 2.23. The van der Waals surface area contributed by atoms with Crippen molar-refractivity contribution in [1.82, 2.24) is 0 Å². The van der Waals surface area contributed by atoms with E-state index in [2.05, 4.69) is 20.4 Å².